The molecule has 0 N–H and O–H groups in total. The van der Waals surface area contributed by atoms with Crippen LogP contribution >= 0.6 is 0 Å². The van der Waals surface area contributed by atoms with Gasteiger partial charge in [0.05, 0.1) is 0 Å². The molecule has 0 bridgehead atoms. The maximum atomic E-state index is 15.1. The van der Waals surface area contributed by atoms with E-state index in [1.54, 1.807) is 6.07 Å². The molecule has 0 amide bonds. The van der Waals surface area contributed by atoms with E-state index in [4.69, 9.17) is 0 Å². The Bertz CT molecular complexity index is 1070. The normalized spacial score (nSPS) is 12.8. The van der Waals surface area contributed by atoms with Crippen LogP contribution in [0.15, 0.2) is 42.5 Å². The van der Waals surface area contributed by atoms with Crippen molar-refractivity contribution in [2.75, 3.05) is 0 Å². The van der Waals surface area contributed by atoms with Crippen LogP contribution < -0.4 is 0 Å². The minimum absolute atomic E-state index is 0.131. The molecule has 1 aliphatic carbocycles. The third kappa shape index (κ3) is 2.87. The molecule has 0 radical (unpaired) electrons. The minimum atomic E-state index is -5.16. The van der Waals surface area contributed by atoms with Gasteiger partial charge in [-0.25, -0.2) is 13.2 Å². The maximum absolute atomic E-state index is 15.1. The van der Waals surface area contributed by atoms with Crippen LogP contribution in [0, 0.1) is 17.5 Å². The van der Waals surface area contributed by atoms with E-state index in [0.29, 0.717) is 29.7 Å². The first-order valence-corrected chi connectivity index (χ1v) is 8.71. The highest BCUT2D eigenvalue weighted by Crippen LogP contribution is 2.42. The molecule has 0 heterocycles. The molecule has 0 saturated heterocycles. The van der Waals surface area contributed by atoms with Crippen LogP contribution in [-0.2, 0) is 19.0 Å². The van der Waals surface area contributed by atoms with E-state index in [1.807, 2.05) is 25.1 Å². The highest BCUT2D eigenvalue weighted by Gasteiger charge is 2.38. The predicted molar refractivity (Wildman–Crippen MR) is 94.4 cm³/mol. The first-order chi connectivity index (χ1) is 13.2. The smallest absolute Gasteiger partial charge is 0.206 e. The predicted octanol–water partition coefficient (Wildman–Crippen LogP) is 6.92. The second-order valence-electron chi connectivity index (χ2n) is 6.79. The summed E-state index contributed by atoms with van der Waals surface area (Å²) in [5, 5.41) is 0. The van der Waals surface area contributed by atoms with Crippen LogP contribution in [0.3, 0.4) is 0 Å². The monoisotopic (exact) mass is 392 g/mol. The second-order valence-corrected chi connectivity index (χ2v) is 6.79. The van der Waals surface area contributed by atoms with Gasteiger partial charge in [-0.3, -0.25) is 0 Å². The lowest BCUT2D eigenvalue weighted by Gasteiger charge is -2.13. The number of fused-ring (bicyclic) bond motifs is 3. The molecule has 144 valence electrons. The van der Waals surface area contributed by atoms with E-state index in [-0.39, 0.29) is 11.1 Å². The molecule has 0 saturated carbocycles. The van der Waals surface area contributed by atoms with Gasteiger partial charge in [-0.15, -0.1) is 0 Å². The standard InChI is InChI=1S/C22H14F6/c1-2-11-3-4-14-12(7-11)8-17-16(14)6-5-15(21(17)25)13-9-18(23)20(19(24)10-13)22(26,27)28/h3-7,9-10H,2,8H2,1H3. The van der Waals surface area contributed by atoms with Gasteiger partial charge in [0, 0.05) is 17.5 Å². The number of halogens is 6. The molecule has 0 fully saturated rings. The highest BCUT2D eigenvalue weighted by molar-refractivity contribution is 5.81. The Balaban J connectivity index is 1.82. The number of alkyl halides is 3. The summed E-state index contributed by atoms with van der Waals surface area (Å²) in [5.74, 6) is -4.21. The molecule has 0 atom stereocenters. The van der Waals surface area contributed by atoms with Crippen LogP contribution in [-0.4, -0.2) is 0 Å². The van der Waals surface area contributed by atoms with Gasteiger partial charge in [-0.1, -0.05) is 37.3 Å². The molecule has 0 aromatic heterocycles. The van der Waals surface area contributed by atoms with Crippen LogP contribution in [0.5, 0.6) is 0 Å². The van der Waals surface area contributed by atoms with Gasteiger partial charge in [-0.05, 0) is 46.4 Å². The van der Waals surface area contributed by atoms with Crippen molar-refractivity contribution in [1.82, 2.24) is 0 Å². The summed E-state index contributed by atoms with van der Waals surface area (Å²) in [7, 11) is 0. The number of aryl methyl sites for hydroxylation is 1. The van der Waals surface area contributed by atoms with E-state index in [1.165, 1.54) is 6.07 Å². The van der Waals surface area contributed by atoms with Gasteiger partial charge in [-0.2, -0.15) is 13.2 Å². The fraction of sp³-hybridized carbons (Fsp3) is 0.182. The molecule has 0 unspecified atom stereocenters. The quantitative estimate of drug-likeness (QED) is 0.325. The highest BCUT2D eigenvalue weighted by atomic mass is 19.4. The summed E-state index contributed by atoms with van der Waals surface area (Å²) in [5.41, 5.74) is 1.64. The first-order valence-electron chi connectivity index (χ1n) is 8.71. The van der Waals surface area contributed by atoms with E-state index < -0.39 is 29.2 Å². The molecule has 28 heavy (non-hydrogen) atoms. The van der Waals surface area contributed by atoms with Gasteiger partial charge in [0.15, 0.2) is 0 Å². The van der Waals surface area contributed by atoms with E-state index >= 15 is 4.39 Å². The Hall–Kier alpha value is -2.76. The molecule has 0 nitrogen and oxygen atoms in total. The van der Waals surface area contributed by atoms with Crippen molar-refractivity contribution in [3.63, 3.8) is 0 Å². The fourth-order valence-corrected chi connectivity index (χ4v) is 3.74. The fourth-order valence-electron chi connectivity index (χ4n) is 3.74. The zero-order chi connectivity index (χ0) is 20.2. The molecular formula is C22H14F6. The maximum Gasteiger partial charge on any atom is 0.422 e. The average molecular weight is 392 g/mol. The van der Waals surface area contributed by atoms with Gasteiger partial charge in [0.1, 0.15) is 23.0 Å². The largest absolute Gasteiger partial charge is 0.422 e. The Labute approximate surface area is 157 Å². The zero-order valence-corrected chi connectivity index (χ0v) is 14.7. The van der Waals surface area contributed by atoms with Gasteiger partial charge < -0.3 is 0 Å². The Morgan fingerprint density at radius 1 is 0.821 bits per heavy atom. The molecule has 0 spiro atoms. The summed E-state index contributed by atoms with van der Waals surface area (Å²) in [4.78, 5) is 0. The van der Waals surface area contributed by atoms with Crippen molar-refractivity contribution in [2.24, 2.45) is 0 Å². The summed E-state index contributed by atoms with van der Waals surface area (Å²) >= 11 is 0. The van der Waals surface area contributed by atoms with E-state index in [0.717, 1.165) is 23.1 Å². The molecular weight excluding hydrogens is 378 g/mol. The number of benzene rings is 3. The Kier molecular flexibility index (Phi) is 4.25. The van der Waals surface area contributed by atoms with Crippen molar-refractivity contribution >= 4 is 0 Å². The lowest BCUT2D eigenvalue weighted by atomic mass is 9.97. The van der Waals surface area contributed by atoms with E-state index in [2.05, 4.69) is 0 Å². The van der Waals surface area contributed by atoms with Crippen LogP contribution in [0.1, 0.15) is 29.2 Å². The lowest BCUT2D eigenvalue weighted by molar-refractivity contribution is -0.142. The van der Waals surface area contributed by atoms with Crippen molar-refractivity contribution in [2.45, 2.75) is 25.9 Å². The molecule has 4 rings (SSSR count). The Morgan fingerprint density at radius 2 is 1.43 bits per heavy atom. The third-order valence-electron chi connectivity index (χ3n) is 5.12. The summed E-state index contributed by atoms with van der Waals surface area (Å²) in [6.45, 7) is 2.01. The van der Waals surface area contributed by atoms with Crippen molar-refractivity contribution in [1.29, 1.82) is 0 Å². The first kappa shape index (κ1) is 18.6. The Morgan fingerprint density at radius 3 is 2.04 bits per heavy atom. The molecule has 3 aromatic carbocycles. The van der Waals surface area contributed by atoms with Gasteiger partial charge in [0.2, 0.25) is 0 Å². The summed E-state index contributed by atoms with van der Waals surface area (Å²) < 4.78 is 81.3. The van der Waals surface area contributed by atoms with Crippen LogP contribution in [0.2, 0.25) is 0 Å². The SMILES string of the molecule is CCc1ccc2c(c1)Cc1c-2ccc(-c2cc(F)c(C(F)(F)F)c(F)c2)c1F. The van der Waals surface area contributed by atoms with Crippen molar-refractivity contribution < 1.29 is 26.3 Å². The van der Waals surface area contributed by atoms with E-state index in [9.17, 15) is 22.0 Å². The lowest BCUT2D eigenvalue weighted by Crippen LogP contribution is -2.11. The second kappa shape index (κ2) is 6.40. The zero-order valence-electron chi connectivity index (χ0n) is 14.7. The minimum Gasteiger partial charge on any atom is -0.206 e. The number of hydrogen-bond donors (Lipinski definition) is 0. The van der Waals surface area contributed by atoms with Crippen LogP contribution in [0.25, 0.3) is 22.3 Å². The third-order valence-corrected chi connectivity index (χ3v) is 5.12. The van der Waals surface area contributed by atoms with Crippen LogP contribution in [0.4, 0.5) is 26.3 Å². The molecule has 0 aliphatic heterocycles. The van der Waals surface area contributed by atoms with Crippen molar-refractivity contribution in [3.05, 3.63) is 82.2 Å². The average Bonchev–Trinajstić information content (AvgIpc) is 2.98. The summed E-state index contributed by atoms with van der Waals surface area (Å²) in [6.07, 6.45) is -4.01. The topological polar surface area (TPSA) is 0 Å². The number of rotatable bonds is 2. The number of hydrogen-bond acceptors (Lipinski definition) is 0. The molecule has 1 aliphatic rings. The summed E-state index contributed by atoms with van der Waals surface area (Å²) in [6, 6.07) is 9.89. The van der Waals surface area contributed by atoms with Crippen molar-refractivity contribution in [3.8, 4) is 22.3 Å². The molecule has 6 heteroatoms. The van der Waals surface area contributed by atoms with Gasteiger partial charge >= 0.3 is 6.18 Å². The van der Waals surface area contributed by atoms with Gasteiger partial charge in [0.25, 0.3) is 0 Å². The molecule has 3 aromatic rings.